The first kappa shape index (κ1) is 26.8. The van der Waals surface area contributed by atoms with Crippen molar-refractivity contribution in [3.8, 4) is 17.2 Å². The average molecular weight is 518 g/mol. The number of benzene rings is 3. The third-order valence-electron chi connectivity index (χ3n) is 6.29. The lowest BCUT2D eigenvalue weighted by molar-refractivity contribution is -0.140. The van der Waals surface area contributed by atoms with E-state index in [1.54, 1.807) is 43.3 Å². The van der Waals surface area contributed by atoms with Crippen LogP contribution in [0, 0.1) is 6.92 Å². The minimum absolute atomic E-state index is 0.0485. The molecule has 4 rings (SSSR count). The third-order valence-corrected chi connectivity index (χ3v) is 6.29. The first-order chi connectivity index (χ1) is 18.3. The van der Waals surface area contributed by atoms with Crippen molar-refractivity contribution in [2.24, 2.45) is 0 Å². The number of phenols is 1. The molecule has 1 unspecified atom stereocenters. The summed E-state index contributed by atoms with van der Waals surface area (Å²) in [7, 11) is 1.50. The summed E-state index contributed by atoms with van der Waals surface area (Å²) < 4.78 is 16.5. The molecule has 1 amide bonds. The van der Waals surface area contributed by atoms with Gasteiger partial charge in [0.1, 0.15) is 18.1 Å². The number of ether oxygens (including phenoxy) is 3. The monoisotopic (exact) mass is 517 g/mol. The van der Waals surface area contributed by atoms with Crippen LogP contribution in [0.15, 0.2) is 72.3 Å². The smallest absolute Gasteiger partial charge is 0.295 e. The number of aromatic hydroxyl groups is 1. The summed E-state index contributed by atoms with van der Waals surface area (Å²) in [6.45, 7) is 4.85. The molecule has 38 heavy (non-hydrogen) atoms. The molecule has 8 heteroatoms. The number of hydrogen-bond acceptors (Lipinski definition) is 7. The molecule has 198 valence electrons. The molecule has 8 nitrogen and oxygen atoms in total. The van der Waals surface area contributed by atoms with Crippen LogP contribution in [0.5, 0.6) is 17.2 Å². The van der Waals surface area contributed by atoms with Gasteiger partial charge in [-0.15, -0.1) is 0 Å². The standard InChI is InChI=1S/C30H31NO7/c1-4-37-25-17-22(10-13-24(25)32)27-26(29(34)30(35)31(27)14-15-36-3)28(33)21-8-11-23(12-9-21)38-18-20-7-5-6-19(2)16-20/h5-13,16-17,27,32-33H,4,14-15,18H2,1-3H3. The SMILES string of the molecule is CCOc1cc(C2C(=C(O)c3ccc(OCc4cccc(C)c4)cc3)C(=O)C(=O)N2CCOC)ccc1O. The van der Waals surface area contributed by atoms with Crippen LogP contribution in [0.2, 0.25) is 0 Å². The number of nitrogens with zero attached hydrogens (tertiary/aromatic N) is 1. The van der Waals surface area contributed by atoms with Gasteiger partial charge in [-0.2, -0.15) is 0 Å². The second-order valence-corrected chi connectivity index (χ2v) is 8.95. The Morgan fingerprint density at radius 1 is 1.00 bits per heavy atom. The van der Waals surface area contributed by atoms with Crippen LogP contribution in [0.1, 0.15) is 35.2 Å². The van der Waals surface area contributed by atoms with E-state index in [0.717, 1.165) is 11.1 Å². The summed E-state index contributed by atoms with van der Waals surface area (Å²) >= 11 is 0. The molecule has 1 aliphatic rings. The molecular weight excluding hydrogens is 486 g/mol. The Bertz CT molecular complexity index is 1350. The summed E-state index contributed by atoms with van der Waals surface area (Å²) in [5.41, 5.74) is 3.01. The van der Waals surface area contributed by atoms with E-state index in [-0.39, 0.29) is 36.0 Å². The van der Waals surface area contributed by atoms with Crippen LogP contribution in [0.4, 0.5) is 0 Å². The van der Waals surface area contributed by atoms with Crippen molar-refractivity contribution in [2.45, 2.75) is 26.5 Å². The van der Waals surface area contributed by atoms with Crippen LogP contribution >= 0.6 is 0 Å². The predicted molar refractivity (Wildman–Crippen MR) is 142 cm³/mol. The average Bonchev–Trinajstić information content (AvgIpc) is 3.17. The van der Waals surface area contributed by atoms with Crippen LogP contribution in [-0.4, -0.2) is 53.7 Å². The van der Waals surface area contributed by atoms with Crippen molar-refractivity contribution in [1.82, 2.24) is 4.90 Å². The lowest BCUT2D eigenvalue weighted by atomic mass is 9.95. The first-order valence-electron chi connectivity index (χ1n) is 12.4. The zero-order valence-corrected chi connectivity index (χ0v) is 21.6. The molecule has 0 radical (unpaired) electrons. The van der Waals surface area contributed by atoms with E-state index >= 15 is 0 Å². The second-order valence-electron chi connectivity index (χ2n) is 8.95. The highest BCUT2D eigenvalue weighted by atomic mass is 16.5. The van der Waals surface area contributed by atoms with Gasteiger partial charge in [0.25, 0.3) is 11.7 Å². The molecule has 0 aliphatic carbocycles. The van der Waals surface area contributed by atoms with Crippen molar-refractivity contribution >= 4 is 17.4 Å². The fraction of sp³-hybridized carbons (Fsp3) is 0.267. The number of aliphatic hydroxyl groups is 1. The number of Topliss-reactive ketones (excluding diaryl/α,β-unsaturated/α-hetero) is 1. The van der Waals surface area contributed by atoms with E-state index in [2.05, 4.69) is 0 Å². The molecular formula is C30H31NO7. The number of aryl methyl sites for hydroxylation is 1. The second kappa shape index (κ2) is 11.8. The number of methoxy groups -OCH3 is 1. The lowest BCUT2D eigenvalue weighted by Crippen LogP contribution is -2.32. The predicted octanol–water partition coefficient (Wildman–Crippen LogP) is 4.75. The van der Waals surface area contributed by atoms with E-state index < -0.39 is 17.7 Å². The number of phenolic OH excluding ortho intramolecular Hbond substituents is 1. The number of amides is 1. The van der Waals surface area contributed by atoms with Gasteiger partial charge in [-0.05, 0) is 61.4 Å². The summed E-state index contributed by atoms with van der Waals surface area (Å²) in [6.07, 6.45) is 0. The highest BCUT2D eigenvalue weighted by Gasteiger charge is 2.46. The Labute approximate surface area is 221 Å². The molecule has 1 heterocycles. The quantitative estimate of drug-likeness (QED) is 0.227. The number of carbonyl (C=O) groups excluding carboxylic acids is 2. The van der Waals surface area contributed by atoms with Gasteiger partial charge >= 0.3 is 0 Å². The highest BCUT2D eigenvalue weighted by Crippen LogP contribution is 2.41. The molecule has 1 aliphatic heterocycles. The highest BCUT2D eigenvalue weighted by molar-refractivity contribution is 6.46. The van der Waals surface area contributed by atoms with Gasteiger partial charge in [-0.25, -0.2) is 0 Å². The summed E-state index contributed by atoms with van der Waals surface area (Å²) in [5, 5.41) is 21.4. The van der Waals surface area contributed by atoms with Crippen molar-refractivity contribution in [3.05, 3.63) is 94.6 Å². The number of carbonyl (C=O) groups is 2. The minimum atomic E-state index is -0.887. The van der Waals surface area contributed by atoms with E-state index in [4.69, 9.17) is 14.2 Å². The number of rotatable bonds is 10. The molecule has 1 atom stereocenters. The Morgan fingerprint density at radius 2 is 1.76 bits per heavy atom. The first-order valence-corrected chi connectivity index (χ1v) is 12.4. The summed E-state index contributed by atoms with van der Waals surface area (Å²) in [4.78, 5) is 27.5. The normalized spacial score (nSPS) is 16.6. The third kappa shape index (κ3) is 5.65. The lowest BCUT2D eigenvalue weighted by Gasteiger charge is -2.25. The Morgan fingerprint density at radius 3 is 2.45 bits per heavy atom. The van der Waals surface area contributed by atoms with Crippen molar-refractivity contribution < 1.29 is 34.0 Å². The van der Waals surface area contributed by atoms with Gasteiger partial charge in [0.05, 0.1) is 24.8 Å². The van der Waals surface area contributed by atoms with Crippen LogP contribution in [-0.2, 0) is 20.9 Å². The van der Waals surface area contributed by atoms with Crippen molar-refractivity contribution in [1.29, 1.82) is 0 Å². The molecule has 1 fully saturated rings. The topological polar surface area (TPSA) is 106 Å². The van der Waals surface area contributed by atoms with Crippen molar-refractivity contribution in [2.75, 3.05) is 26.9 Å². The summed E-state index contributed by atoms with van der Waals surface area (Å²) in [5.74, 6) is -1.08. The maximum atomic E-state index is 13.2. The Balaban J connectivity index is 1.67. The van der Waals surface area contributed by atoms with E-state index in [0.29, 0.717) is 30.1 Å². The Kier molecular flexibility index (Phi) is 8.33. The zero-order chi connectivity index (χ0) is 27.2. The van der Waals surface area contributed by atoms with Gasteiger partial charge in [-0.1, -0.05) is 35.9 Å². The number of aliphatic hydroxyl groups excluding tert-OH is 1. The minimum Gasteiger partial charge on any atom is -0.507 e. The molecule has 1 saturated heterocycles. The number of hydrogen-bond donors (Lipinski definition) is 2. The molecule has 3 aromatic rings. The summed E-state index contributed by atoms with van der Waals surface area (Å²) in [6, 6.07) is 18.4. The molecule has 0 bridgehead atoms. The fourth-order valence-electron chi connectivity index (χ4n) is 4.45. The molecule has 3 aromatic carbocycles. The zero-order valence-electron chi connectivity index (χ0n) is 21.6. The number of likely N-dealkylation sites (tertiary alicyclic amines) is 1. The van der Waals surface area contributed by atoms with Gasteiger partial charge in [0.2, 0.25) is 0 Å². The van der Waals surface area contributed by atoms with E-state index in [1.807, 2.05) is 31.2 Å². The largest absolute Gasteiger partial charge is 0.507 e. The van der Waals surface area contributed by atoms with Gasteiger partial charge in [0, 0.05) is 19.2 Å². The Hall–Kier alpha value is -4.30. The maximum absolute atomic E-state index is 13.2. The van der Waals surface area contributed by atoms with Gasteiger partial charge < -0.3 is 29.3 Å². The number of ketones is 1. The molecule has 0 spiro atoms. The van der Waals surface area contributed by atoms with Crippen LogP contribution < -0.4 is 9.47 Å². The maximum Gasteiger partial charge on any atom is 0.295 e. The van der Waals surface area contributed by atoms with E-state index in [1.165, 1.54) is 18.1 Å². The van der Waals surface area contributed by atoms with Crippen LogP contribution in [0.3, 0.4) is 0 Å². The fourth-order valence-corrected chi connectivity index (χ4v) is 4.45. The van der Waals surface area contributed by atoms with E-state index in [9.17, 15) is 19.8 Å². The molecule has 2 N–H and O–H groups in total. The molecule has 0 aromatic heterocycles. The molecule has 0 saturated carbocycles. The van der Waals surface area contributed by atoms with Gasteiger partial charge in [0.15, 0.2) is 11.5 Å². The van der Waals surface area contributed by atoms with Crippen molar-refractivity contribution in [3.63, 3.8) is 0 Å². The van der Waals surface area contributed by atoms with Crippen LogP contribution in [0.25, 0.3) is 5.76 Å². The van der Waals surface area contributed by atoms with Gasteiger partial charge in [-0.3, -0.25) is 9.59 Å².